The molecule has 0 saturated carbocycles. The summed E-state index contributed by atoms with van der Waals surface area (Å²) in [6.07, 6.45) is 1.51. The van der Waals surface area contributed by atoms with Gasteiger partial charge in [-0.05, 0) is 60.2 Å². The normalized spacial score (nSPS) is 11.7. The molecule has 5 nitrogen and oxygen atoms in total. The van der Waals surface area contributed by atoms with Crippen LogP contribution in [-0.4, -0.2) is 20.0 Å². The summed E-state index contributed by atoms with van der Waals surface area (Å²) in [5.41, 5.74) is 0.274. The minimum atomic E-state index is -4.15. The molecule has 0 unspecified atom stereocenters. The molecule has 29 heavy (non-hydrogen) atoms. The number of halogens is 2. The highest BCUT2D eigenvalue weighted by Crippen LogP contribution is 2.38. The number of nitrogens with zero attached hydrogens (tertiary/aromatic N) is 1. The first kappa shape index (κ1) is 19.8. The van der Waals surface area contributed by atoms with Crippen molar-refractivity contribution in [2.24, 2.45) is 0 Å². The highest BCUT2D eigenvalue weighted by Gasteiger charge is 2.22. The van der Waals surface area contributed by atoms with Crippen molar-refractivity contribution >= 4 is 55.0 Å². The van der Waals surface area contributed by atoms with Crippen LogP contribution in [0.4, 0.5) is 0 Å². The van der Waals surface area contributed by atoms with Crippen molar-refractivity contribution < 1.29 is 17.3 Å². The highest BCUT2D eigenvalue weighted by molar-refractivity contribution is 7.87. The molecule has 0 atom stereocenters. The van der Waals surface area contributed by atoms with E-state index in [1.165, 1.54) is 18.3 Å². The average molecular weight is 448 g/mol. The fourth-order valence-electron chi connectivity index (χ4n) is 3.00. The second-order valence-corrected chi connectivity index (χ2v) is 8.57. The van der Waals surface area contributed by atoms with Gasteiger partial charge in [-0.1, -0.05) is 35.3 Å². The zero-order valence-electron chi connectivity index (χ0n) is 15.2. The van der Waals surface area contributed by atoms with Gasteiger partial charge in [0.15, 0.2) is 5.75 Å². The molecule has 1 heterocycles. The van der Waals surface area contributed by atoms with Gasteiger partial charge in [-0.2, -0.15) is 8.42 Å². The molecular weight excluding hydrogens is 433 g/mol. The van der Waals surface area contributed by atoms with E-state index < -0.39 is 10.1 Å². The minimum Gasteiger partial charge on any atom is -0.494 e. The summed E-state index contributed by atoms with van der Waals surface area (Å²) >= 11 is 12.4. The van der Waals surface area contributed by atoms with Crippen LogP contribution in [0.2, 0.25) is 10.0 Å². The van der Waals surface area contributed by atoms with Crippen LogP contribution in [0.5, 0.6) is 11.5 Å². The number of hydrogen-bond acceptors (Lipinski definition) is 5. The largest absolute Gasteiger partial charge is 0.494 e. The van der Waals surface area contributed by atoms with E-state index in [2.05, 4.69) is 4.98 Å². The summed E-state index contributed by atoms with van der Waals surface area (Å²) in [6, 6.07) is 15.0. The molecule has 4 rings (SSSR count). The minimum absolute atomic E-state index is 0.00394. The first-order chi connectivity index (χ1) is 13.9. The lowest BCUT2D eigenvalue weighted by atomic mass is 10.1. The number of fused-ring (bicyclic) bond motifs is 2. The lowest BCUT2D eigenvalue weighted by molar-refractivity contribution is 0.341. The molecule has 0 saturated heterocycles. The average Bonchev–Trinajstić information content (AvgIpc) is 2.71. The standard InChI is InChI=1S/C21H15Cl2NO4S/c1-2-27-15-7-5-14-11-16(8-6-13(14)10-15)29(25,26)28-21-19(23)12-18(22)17-4-3-9-24-20(17)21/h3-12H,2H2,1H3. The first-order valence-corrected chi connectivity index (χ1v) is 10.9. The van der Waals surface area contributed by atoms with Crippen LogP contribution in [0, 0.1) is 0 Å². The van der Waals surface area contributed by atoms with Gasteiger partial charge in [-0.15, -0.1) is 0 Å². The molecule has 0 spiro atoms. The second-order valence-electron chi connectivity index (χ2n) is 6.21. The Morgan fingerprint density at radius 1 is 0.966 bits per heavy atom. The molecule has 0 N–H and O–H groups in total. The first-order valence-electron chi connectivity index (χ1n) is 8.73. The second kappa shape index (κ2) is 7.71. The van der Waals surface area contributed by atoms with E-state index in [4.69, 9.17) is 32.1 Å². The molecule has 0 aliphatic rings. The molecule has 0 amide bonds. The Balaban J connectivity index is 1.76. The van der Waals surface area contributed by atoms with Crippen molar-refractivity contribution in [1.82, 2.24) is 4.98 Å². The molecule has 1 aromatic heterocycles. The monoisotopic (exact) mass is 447 g/mol. The van der Waals surface area contributed by atoms with E-state index in [9.17, 15) is 8.42 Å². The number of aromatic nitrogens is 1. The maximum absolute atomic E-state index is 12.9. The van der Waals surface area contributed by atoms with Crippen molar-refractivity contribution in [3.63, 3.8) is 0 Å². The quantitative estimate of drug-likeness (QED) is 0.358. The van der Waals surface area contributed by atoms with E-state index in [0.717, 1.165) is 16.5 Å². The van der Waals surface area contributed by atoms with Crippen molar-refractivity contribution in [2.45, 2.75) is 11.8 Å². The van der Waals surface area contributed by atoms with Gasteiger partial charge in [-0.3, -0.25) is 4.98 Å². The van der Waals surface area contributed by atoms with E-state index >= 15 is 0 Å². The summed E-state index contributed by atoms with van der Waals surface area (Å²) in [5, 5.41) is 2.56. The molecule has 3 aromatic carbocycles. The van der Waals surface area contributed by atoms with Gasteiger partial charge >= 0.3 is 10.1 Å². The number of benzene rings is 3. The Bertz CT molecular complexity index is 1340. The van der Waals surface area contributed by atoms with Gasteiger partial charge in [-0.25, -0.2) is 0 Å². The number of rotatable bonds is 5. The fraction of sp³-hybridized carbons (Fsp3) is 0.0952. The van der Waals surface area contributed by atoms with Gasteiger partial charge in [0.1, 0.15) is 16.2 Å². The van der Waals surface area contributed by atoms with Crippen LogP contribution in [0.3, 0.4) is 0 Å². The van der Waals surface area contributed by atoms with Gasteiger partial charge in [0.05, 0.1) is 16.7 Å². The van der Waals surface area contributed by atoms with Gasteiger partial charge in [0.25, 0.3) is 0 Å². The summed E-state index contributed by atoms with van der Waals surface area (Å²) < 4.78 is 36.7. The maximum atomic E-state index is 12.9. The van der Waals surface area contributed by atoms with Crippen molar-refractivity contribution in [3.8, 4) is 11.5 Å². The molecule has 148 valence electrons. The van der Waals surface area contributed by atoms with Crippen LogP contribution in [0.25, 0.3) is 21.7 Å². The Hall–Kier alpha value is -2.54. The third-order valence-electron chi connectivity index (χ3n) is 4.33. The van der Waals surface area contributed by atoms with Crippen LogP contribution in [0.15, 0.2) is 65.7 Å². The third-order valence-corrected chi connectivity index (χ3v) is 6.14. The summed E-state index contributed by atoms with van der Waals surface area (Å²) in [5.74, 6) is 0.663. The van der Waals surface area contributed by atoms with Gasteiger partial charge in [0, 0.05) is 11.6 Å². The zero-order valence-corrected chi connectivity index (χ0v) is 17.6. The van der Waals surface area contributed by atoms with Crippen molar-refractivity contribution in [1.29, 1.82) is 0 Å². The van der Waals surface area contributed by atoms with E-state index in [-0.39, 0.29) is 21.2 Å². The van der Waals surface area contributed by atoms with Crippen molar-refractivity contribution in [2.75, 3.05) is 6.61 Å². The lowest BCUT2D eigenvalue weighted by Gasteiger charge is -2.12. The number of ether oxygens (including phenoxy) is 1. The molecule has 0 bridgehead atoms. The Morgan fingerprint density at radius 2 is 1.72 bits per heavy atom. The SMILES string of the molecule is CCOc1ccc2cc(S(=O)(=O)Oc3c(Cl)cc(Cl)c4cccnc34)ccc2c1. The summed E-state index contributed by atoms with van der Waals surface area (Å²) in [7, 11) is -4.15. The van der Waals surface area contributed by atoms with Gasteiger partial charge < -0.3 is 8.92 Å². The molecule has 8 heteroatoms. The van der Waals surface area contributed by atoms with Gasteiger partial charge in [0.2, 0.25) is 0 Å². The fourth-order valence-corrected chi connectivity index (χ4v) is 4.59. The molecule has 0 aliphatic heterocycles. The van der Waals surface area contributed by atoms with Crippen LogP contribution in [-0.2, 0) is 10.1 Å². The lowest BCUT2D eigenvalue weighted by Crippen LogP contribution is -2.10. The molecule has 4 aromatic rings. The highest BCUT2D eigenvalue weighted by atomic mass is 35.5. The smallest absolute Gasteiger partial charge is 0.339 e. The van der Waals surface area contributed by atoms with E-state index in [1.807, 2.05) is 13.0 Å². The predicted molar refractivity (Wildman–Crippen MR) is 115 cm³/mol. The molecule has 0 fully saturated rings. The summed E-state index contributed by atoms with van der Waals surface area (Å²) in [4.78, 5) is 4.19. The Labute approximate surface area is 177 Å². The molecular formula is C21H15Cl2NO4S. The van der Waals surface area contributed by atoms with Crippen LogP contribution >= 0.6 is 23.2 Å². The Morgan fingerprint density at radius 3 is 2.52 bits per heavy atom. The van der Waals surface area contributed by atoms with Crippen molar-refractivity contribution in [3.05, 3.63) is 70.8 Å². The predicted octanol–water partition coefficient (Wildman–Crippen LogP) is 5.86. The number of hydrogen-bond donors (Lipinski definition) is 0. The van der Waals surface area contributed by atoms with E-state index in [1.54, 1.807) is 36.4 Å². The molecule has 0 radical (unpaired) electrons. The topological polar surface area (TPSA) is 65.5 Å². The third kappa shape index (κ3) is 3.83. The van der Waals surface area contributed by atoms with Crippen LogP contribution < -0.4 is 8.92 Å². The summed E-state index contributed by atoms with van der Waals surface area (Å²) in [6.45, 7) is 2.45. The number of pyridine rings is 1. The molecule has 0 aliphatic carbocycles. The maximum Gasteiger partial charge on any atom is 0.339 e. The van der Waals surface area contributed by atoms with Crippen LogP contribution in [0.1, 0.15) is 6.92 Å². The Kier molecular flexibility index (Phi) is 5.25. The zero-order chi connectivity index (χ0) is 20.6. The van der Waals surface area contributed by atoms with E-state index in [0.29, 0.717) is 17.0 Å².